The van der Waals surface area contributed by atoms with E-state index in [9.17, 15) is 13.2 Å². The van der Waals surface area contributed by atoms with Gasteiger partial charge in [0.15, 0.2) is 5.96 Å². The summed E-state index contributed by atoms with van der Waals surface area (Å²) in [6.45, 7) is 1.39. The van der Waals surface area contributed by atoms with Gasteiger partial charge in [0.1, 0.15) is 17.5 Å². The molecule has 0 aliphatic heterocycles. The Bertz CT molecular complexity index is 740. The molecule has 0 fully saturated rings. The summed E-state index contributed by atoms with van der Waals surface area (Å²) in [5.74, 6) is 0.982. The Hall–Kier alpha value is -1.75. The standard InChI is InChI=1S/C18H20ClF3N4O.HI/c1-23-17(24-9-8-13-2-7-16(19)26-12-13)25-10-11-27-15-5-3-14(4-6-15)18(20,21)22;/h2-7,12H,8-11H2,1H3,(H2,23,24,25);1H. The van der Waals surface area contributed by atoms with Crippen LogP contribution in [0.15, 0.2) is 47.6 Å². The molecule has 2 rings (SSSR count). The number of nitrogens with zero attached hydrogens (tertiary/aromatic N) is 2. The number of hydrogen-bond donors (Lipinski definition) is 2. The first-order valence-corrected chi connectivity index (χ1v) is 8.61. The Morgan fingerprint density at radius 2 is 1.79 bits per heavy atom. The van der Waals surface area contributed by atoms with Gasteiger partial charge in [0.25, 0.3) is 0 Å². The van der Waals surface area contributed by atoms with Crippen molar-refractivity contribution in [1.29, 1.82) is 0 Å². The number of aromatic nitrogens is 1. The van der Waals surface area contributed by atoms with Crippen LogP contribution in [0.4, 0.5) is 13.2 Å². The number of guanidine groups is 1. The second-order valence-electron chi connectivity index (χ2n) is 5.54. The predicted octanol–water partition coefficient (Wildman–Crippen LogP) is 4.16. The third-order valence-corrected chi connectivity index (χ3v) is 3.79. The summed E-state index contributed by atoms with van der Waals surface area (Å²) in [4.78, 5) is 8.11. The Morgan fingerprint density at radius 3 is 2.36 bits per heavy atom. The Morgan fingerprint density at radius 1 is 1.11 bits per heavy atom. The minimum atomic E-state index is -4.35. The third kappa shape index (κ3) is 8.51. The van der Waals surface area contributed by atoms with Gasteiger partial charge in [-0.1, -0.05) is 17.7 Å². The molecule has 0 aliphatic carbocycles. The fourth-order valence-corrected chi connectivity index (χ4v) is 2.29. The Kier molecular flexibility index (Phi) is 10.4. The maximum atomic E-state index is 12.5. The molecule has 2 N–H and O–H groups in total. The molecule has 0 radical (unpaired) electrons. The van der Waals surface area contributed by atoms with Gasteiger partial charge in [0.2, 0.25) is 0 Å². The molecular weight excluding hydrogens is 508 g/mol. The molecule has 0 saturated heterocycles. The summed E-state index contributed by atoms with van der Waals surface area (Å²) in [5.41, 5.74) is 0.349. The number of alkyl halides is 3. The number of nitrogens with one attached hydrogen (secondary N) is 2. The van der Waals surface area contributed by atoms with Gasteiger partial charge in [0.05, 0.1) is 12.1 Å². The first-order valence-electron chi connectivity index (χ1n) is 8.23. The number of aliphatic imine (C=N–C) groups is 1. The van der Waals surface area contributed by atoms with E-state index in [1.807, 2.05) is 6.07 Å². The van der Waals surface area contributed by atoms with Crippen molar-refractivity contribution >= 4 is 41.5 Å². The molecule has 1 heterocycles. The van der Waals surface area contributed by atoms with Gasteiger partial charge >= 0.3 is 6.18 Å². The molecule has 10 heteroatoms. The van der Waals surface area contributed by atoms with E-state index in [1.165, 1.54) is 12.1 Å². The first-order chi connectivity index (χ1) is 12.9. The minimum Gasteiger partial charge on any atom is -0.492 e. The SMILES string of the molecule is CN=C(NCCOc1ccc(C(F)(F)F)cc1)NCCc1ccc(Cl)nc1.I. The minimum absolute atomic E-state index is 0. The highest BCUT2D eigenvalue weighted by Crippen LogP contribution is 2.30. The Labute approximate surface area is 183 Å². The van der Waals surface area contributed by atoms with E-state index < -0.39 is 11.7 Å². The molecule has 0 atom stereocenters. The second kappa shape index (κ2) is 11.9. The fourth-order valence-electron chi connectivity index (χ4n) is 2.18. The summed E-state index contributed by atoms with van der Waals surface area (Å²) in [5, 5.41) is 6.68. The molecule has 0 bridgehead atoms. The maximum Gasteiger partial charge on any atom is 0.416 e. The van der Waals surface area contributed by atoms with Crippen LogP contribution in [0.2, 0.25) is 5.15 Å². The van der Waals surface area contributed by atoms with Gasteiger partial charge in [-0.15, -0.1) is 24.0 Å². The lowest BCUT2D eigenvalue weighted by Crippen LogP contribution is -2.40. The molecule has 0 spiro atoms. The van der Waals surface area contributed by atoms with Crippen molar-refractivity contribution in [2.24, 2.45) is 4.99 Å². The zero-order valence-electron chi connectivity index (χ0n) is 15.1. The molecule has 2 aromatic rings. The van der Waals surface area contributed by atoms with Gasteiger partial charge < -0.3 is 15.4 Å². The van der Waals surface area contributed by atoms with E-state index in [1.54, 1.807) is 19.3 Å². The van der Waals surface area contributed by atoms with E-state index in [0.717, 1.165) is 24.1 Å². The van der Waals surface area contributed by atoms with E-state index in [4.69, 9.17) is 16.3 Å². The molecular formula is C18H21ClF3IN4O. The molecule has 0 unspecified atom stereocenters. The molecule has 0 aliphatic rings. The monoisotopic (exact) mass is 528 g/mol. The van der Waals surface area contributed by atoms with E-state index in [-0.39, 0.29) is 30.6 Å². The summed E-state index contributed by atoms with van der Waals surface area (Å²) >= 11 is 5.74. The van der Waals surface area contributed by atoms with Crippen molar-refractivity contribution in [2.45, 2.75) is 12.6 Å². The smallest absolute Gasteiger partial charge is 0.416 e. The van der Waals surface area contributed by atoms with Crippen LogP contribution in [0.5, 0.6) is 5.75 Å². The number of benzene rings is 1. The zero-order chi connectivity index (χ0) is 19.7. The average Bonchev–Trinajstić information content (AvgIpc) is 2.65. The highest BCUT2D eigenvalue weighted by molar-refractivity contribution is 14.0. The van der Waals surface area contributed by atoms with Crippen LogP contribution in [0.3, 0.4) is 0 Å². The highest BCUT2D eigenvalue weighted by atomic mass is 127. The summed E-state index contributed by atoms with van der Waals surface area (Å²) < 4.78 is 42.9. The molecule has 0 saturated carbocycles. The van der Waals surface area contributed by atoms with Crippen LogP contribution in [0.25, 0.3) is 0 Å². The molecule has 5 nitrogen and oxygen atoms in total. The van der Waals surface area contributed by atoms with Gasteiger partial charge in [0, 0.05) is 19.8 Å². The highest BCUT2D eigenvalue weighted by Gasteiger charge is 2.29. The van der Waals surface area contributed by atoms with Crippen molar-refractivity contribution in [1.82, 2.24) is 15.6 Å². The van der Waals surface area contributed by atoms with Gasteiger partial charge in [-0.3, -0.25) is 4.99 Å². The second-order valence-corrected chi connectivity index (χ2v) is 5.92. The van der Waals surface area contributed by atoms with Crippen molar-refractivity contribution in [3.8, 4) is 5.75 Å². The lowest BCUT2D eigenvalue weighted by atomic mass is 10.2. The number of hydrogen-bond acceptors (Lipinski definition) is 3. The van der Waals surface area contributed by atoms with Gasteiger partial charge in [-0.2, -0.15) is 13.2 Å². The normalized spacial score (nSPS) is 11.5. The van der Waals surface area contributed by atoms with E-state index in [0.29, 0.717) is 30.0 Å². The number of pyridine rings is 1. The zero-order valence-corrected chi connectivity index (χ0v) is 18.2. The Balaban J connectivity index is 0.00000392. The number of rotatable bonds is 7. The lowest BCUT2D eigenvalue weighted by molar-refractivity contribution is -0.137. The van der Waals surface area contributed by atoms with Crippen LogP contribution >= 0.6 is 35.6 Å². The largest absolute Gasteiger partial charge is 0.492 e. The lowest BCUT2D eigenvalue weighted by Gasteiger charge is -2.13. The summed E-state index contributed by atoms with van der Waals surface area (Å²) in [6, 6.07) is 8.24. The van der Waals surface area contributed by atoms with Crippen LogP contribution < -0.4 is 15.4 Å². The molecule has 154 valence electrons. The summed E-state index contributed by atoms with van der Waals surface area (Å²) in [6.07, 6.45) is -1.87. The first kappa shape index (κ1) is 24.3. The van der Waals surface area contributed by atoms with E-state index in [2.05, 4.69) is 20.6 Å². The summed E-state index contributed by atoms with van der Waals surface area (Å²) in [7, 11) is 1.65. The van der Waals surface area contributed by atoms with Crippen molar-refractivity contribution < 1.29 is 17.9 Å². The predicted molar refractivity (Wildman–Crippen MR) is 115 cm³/mol. The molecule has 1 aromatic heterocycles. The van der Waals surface area contributed by atoms with Gasteiger partial charge in [-0.05, 0) is 42.3 Å². The molecule has 0 amide bonds. The number of halogens is 5. The topological polar surface area (TPSA) is 58.5 Å². The van der Waals surface area contributed by atoms with E-state index >= 15 is 0 Å². The van der Waals surface area contributed by atoms with Crippen LogP contribution in [-0.2, 0) is 12.6 Å². The van der Waals surface area contributed by atoms with Crippen LogP contribution in [-0.4, -0.2) is 37.7 Å². The van der Waals surface area contributed by atoms with Crippen LogP contribution in [0, 0.1) is 0 Å². The van der Waals surface area contributed by atoms with Crippen molar-refractivity contribution in [3.05, 3.63) is 58.9 Å². The number of ether oxygens (including phenoxy) is 1. The van der Waals surface area contributed by atoms with Crippen molar-refractivity contribution in [2.75, 3.05) is 26.7 Å². The maximum absolute atomic E-state index is 12.5. The molecule has 28 heavy (non-hydrogen) atoms. The fraction of sp³-hybridized carbons (Fsp3) is 0.333. The van der Waals surface area contributed by atoms with Crippen molar-refractivity contribution in [3.63, 3.8) is 0 Å². The average molecular weight is 529 g/mol. The third-order valence-electron chi connectivity index (χ3n) is 3.56. The van der Waals surface area contributed by atoms with Gasteiger partial charge in [-0.25, -0.2) is 4.98 Å². The van der Waals surface area contributed by atoms with Crippen LogP contribution in [0.1, 0.15) is 11.1 Å². The molecule has 1 aromatic carbocycles. The quantitative estimate of drug-likeness (QED) is 0.186.